The number of alkyl carbamates (subject to hydrolysis) is 1. The van der Waals surface area contributed by atoms with Crippen LogP contribution in [0.15, 0.2) is 60.7 Å². The van der Waals surface area contributed by atoms with E-state index in [0.29, 0.717) is 13.0 Å². The summed E-state index contributed by atoms with van der Waals surface area (Å²) in [6, 6.07) is 21.0. The molecule has 2 N–H and O–H groups in total. The molecule has 0 aliphatic rings. The number of rotatable bonds is 11. The fraction of sp³-hybridized carbons (Fsp3) is 0.400. The third-order valence-electron chi connectivity index (χ3n) is 4.74. The van der Waals surface area contributed by atoms with Crippen LogP contribution in [0.2, 0.25) is 0 Å². The molecule has 0 aromatic heterocycles. The molecule has 2 aromatic rings. The van der Waals surface area contributed by atoms with E-state index >= 15 is 0 Å². The lowest BCUT2D eigenvalue weighted by atomic mass is 10.0. The zero-order chi connectivity index (χ0) is 23.4. The van der Waals surface area contributed by atoms with E-state index in [1.807, 2.05) is 74.5 Å². The maximum Gasteiger partial charge on any atom is 0.408 e. The van der Waals surface area contributed by atoms with Crippen molar-refractivity contribution in [1.29, 1.82) is 5.26 Å². The standard InChI is InChI=1S/C25H31N3O4/c1-19(2)14-22(32-24(30)27-15-20-10-6-4-7-11-20)23(29)28-18-25(3,17-26)31-16-21-12-8-5-9-13-21/h4-13,19,22H,14-16,18H2,1-3H3,(H,27,30)(H,28,29). The Morgan fingerprint density at radius 2 is 1.59 bits per heavy atom. The van der Waals surface area contributed by atoms with E-state index in [4.69, 9.17) is 9.47 Å². The zero-order valence-electron chi connectivity index (χ0n) is 18.8. The van der Waals surface area contributed by atoms with Crippen LogP contribution < -0.4 is 10.6 Å². The Morgan fingerprint density at radius 3 is 2.16 bits per heavy atom. The Kier molecular flexibility index (Phi) is 9.71. The van der Waals surface area contributed by atoms with Crippen LogP contribution in [-0.2, 0) is 27.4 Å². The van der Waals surface area contributed by atoms with E-state index in [1.165, 1.54) is 0 Å². The van der Waals surface area contributed by atoms with Crippen LogP contribution in [0.4, 0.5) is 4.79 Å². The van der Waals surface area contributed by atoms with Gasteiger partial charge in [0.25, 0.3) is 5.91 Å². The fourth-order valence-electron chi connectivity index (χ4n) is 2.89. The number of carbonyl (C=O) groups excluding carboxylic acids is 2. The smallest absolute Gasteiger partial charge is 0.408 e. The molecule has 2 atom stereocenters. The number of hydrogen-bond acceptors (Lipinski definition) is 5. The van der Waals surface area contributed by atoms with E-state index in [1.54, 1.807) is 6.92 Å². The van der Waals surface area contributed by atoms with E-state index in [0.717, 1.165) is 11.1 Å². The third kappa shape index (κ3) is 8.78. The first-order chi connectivity index (χ1) is 15.3. The van der Waals surface area contributed by atoms with Crippen molar-refractivity contribution in [2.24, 2.45) is 5.92 Å². The molecule has 0 aliphatic heterocycles. The highest BCUT2D eigenvalue weighted by Gasteiger charge is 2.29. The molecule has 2 aromatic carbocycles. The second-order valence-electron chi connectivity index (χ2n) is 8.20. The number of benzene rings is 2. The summed E-state index contributed by atoms with van der Waals surface area (Å²) < 4.78 is 11.1. The molecule has 170 valence electrons. The van der Waals surface area contributed by atoms with Crippen LogP contribution in [0.3, 0.4) is 0 Å². The average Bonchev–Trinajstić information content (AvgIpc) is 2.80. The Bertz CT molecular complexity index is 896. The van der Waals surface area contributed by atoms with Gasteiger partial charge in [-0.3, -0.25) is 4.79 Å². The Hall–Kier alpha value is -3.37. The molecule has 0 aliphatic carbocycles. The fourth-order valence-corrected chi connectivity index (χ4v) is 2.89. The Morgan fingerprint density at radius 1 is 1.00 bits per heavy atom. The average molecular weight is 438 g/mol. The number of amides is 2. The van der Waals surface area contributed by atoms with Crippen molar-refractivity contribution in [3.8, 4) is 6.07 Å². The molecule has 7 nitrogen and oxygen atoms in total. The zero-order valence-corrected chi connectivity index (χ0v) is 18.8. The number of hydrogen-bond donors (Lipinski definition) is 2. The van der Waals surface area contributed by atoms with Crippen LogP contribution in [0.25, 0.3) is 0 Å². The van der Waals surface area contributed by atoms with Crippen LogP contribution in [0.5, 0.6) is 0 Å². The van der Waals surface area contributed by atoms with Crippen molar-refractivity contribution in [2.45, 2.75) is 52.0 Å². The lowest BCUT2D eigenvalue weighted by molar-refractivity contribution is -0.131. The normalized spacial score (nSPS) is 13.5. The highest BCUT2D eigenvalue weighted by atomic mass is 16.6. The van der Waals surface area contributed by atoms with Crippen LogP contribution in [0, 0.1) is 17.2 Å². The predicted octanol–water partition coefficient (Wildman–Crippen LogP) is 3.94. The molecule has 0 bridgehead atoms. The van der Waals surface area contributed by atoms with Crippen LogP contribution >= 0.6 is 0 Å². The first-order valence-corrected chi connectivity index (χ1v) is 10.7. The molecule has 0 spiro atoms. The minimum Gasteiger partial charge on any atom is -0.436 e. The van der Waals surface area contributed by atoms with Gasteiger partial charge < -0.3 is 20.1 Å². The molecule has 7 heteroatoms. The van der Waals surface area contributed by atoms with E-state index < -0.39 is 23.7 Å². The summed E-state index contributed by atoms with van der Waals surface area (Å²) in [5, 5.41) is 14.9. The van der Waals surface area contributed by atoms with E-state index in [9.17, 15) is 14.9 Å². The molecular formula is C25H31N3O4. The molecule has 0 saturated heterocycles. The number of nitrogens with zero attached hydrogens (tertiary/aromatic N) is 1. The maximum atomic E-state index is 12.7. The lowest BCUT2D eigenvalue weighted by Gasteiger charge is -2.25. The molecule has 0 fully saturated rings. The second-order valence-corrected chi connectivity index (χ2v) is 8.20. The summed E-state index contributed by atoms with van der Waals surface area (Å²) in [4.78, 5) is 25.0. The molecule has 0 saturated carbocycles. The van der Waals surface area contributed by atoms with Crippen LogP contribution in [-0.4, -0.2) is 30.3 Å². The van der Waals surface area contributed by atoms with Gasteiger partial charge in [-0.1, -0.05) is 74.5 Å². The molecular weight excluding hydrogens is 406 g/mol. The number of nitriles is 1. The van der Waals surface area contributed by atoms with Gasteiger partial charge in [0.2, 0.25) is 0 Å². The molecule has 2 amide bonds. The highest BCUT2D eigenvalue weighted by Crippen LogP contribution is 2.14. The van der Waals surface area contributed by atoms with Crippen molar-refractivity contribution in [3.05, 3.63) is 71.8 Å². The van der Waals surface area contributed by atoms with Gasteiger partial charge in [-0.25, -0.2) is 4.79 Å². The molecule has 2 unspecified atom stereocenters. The Balaban J connectivity index is 1.89. The maximum absolute atomic E-state index is 12.7. The van der Waals surface area contributed by atoms with Gasteiger partial charge in [0, 0.05) is 6.54 Å². The quantitative estimate of drug-likeness (QED) is 0.555. The van der Waals surface area contributed by atoms with Crippen molar-refractivity contribution in [3.63, 3.8) is 0 Å². The minimum atomic E-state index is -1.22. The Labute approximate surface area is 189 Å². The molecule has 32 heavy (non-hydrogen) atoms. The minimum absolute atomic E-state index is 0.0290. The van der Waals surface area contributed by atoms with Gasteiger partial charge >= 0.3 is 6.09 Å². The number of carbonyl (C=O) groups is 2. The number of ether oxygens (including phenoxy) is 2. The van der Waals surface area contributed by atoms with Crippen molar-refractivity contribution in [2.75, 3.05) is 6.54 Å². The monoisotopic (exact) mass is 437 g/mol. The van der Waals surface area contributed by atoms with E-state index in [2.05, 4.69) is 16.7 Å². The summed E-state index contributed by atoms with van der Waals surface area (Å²) in [6.07, 6.45) is -1.28. The second kappa shape index (κ2) is 12.5. The van der Waals surface area contributed by atoms with Gasteiger partial charge in [-0.2, -0.15) is 5.26 Å². The highest BCUT2D eigenvalue weighted by molar-refractivity contribution is 5.83. The van der Waals surface area contributed by atoms with Crippen LogP contribution in [0.1, 0.15) is 38.3 Å². The molecule has 0 heterocycles. The van der Waals surface area contributed by atoms with Gasteiger partial charge in [-0.05, 0) is 30.4 Å². The summed E-state index contributed by atoms with van der Waals surface area (Å²) >= 11 is 0. The largest absolute Gasteiger partial charge is 0.436 e. The topological polar surface area (TPSA) is 100 Å². The van der Waals surface area contributed by atoms with Gasteiger partial charge in [0.1, 0.15) is 0 Å². The SMILES string of the molecule is CC(C)CC(OC(=O)NCc1ccccc1)C(=O)NCC(C)(C#N)OCc1ccccc1. The van der Waals surface area contributed by atoms with E-state index in [-0.39, 0.29) is 19.1 Å². The number of nitrogens with one attached hydrogen (secondary N) is 2. The summed E-state index contributed by atoms with van der Waals surface area (Å²) in [7, 11) is 0. The summed E-state index contributed by atoms with van der Waals surface area (Å²) in [5.74, 6) is -0.331. The van der Waals surface area contributed by atoms with Gasteiger partial charge in [-0.15, -0.1) is 0 Å². The predicted molar refractivity (Wildman–Crippen MR) is 121 cm³/mol. The first-order valence-electron chi connectivity index (χ1n) is 10.7. The summed E-state index contributed by atoms with van der Waals surface area (Å²) in [5.41, 5.74) is 0.634. The van der Waals surface area contributed by atoms with Crippen molar-refractivity contribution < 1.29 is 19.1 Å². The molecule has 0 radical (unpaired) electrons. The summed E-state index contributed by atoms with van der Waals surface area (Å²) in [6.45, 7) is 6.01. The molecule has 2 rings (SSSR count). The third-order valence-corrected chi connectivity index (χ3v) is 4.74. The lowest BCUT2D eigenvalue weighted by Crippen LogP contribution is -2.47. The van der Waals surface area contributed by atoms with Crippen molar-refractivity contribution in [1.82, 2.24) is 10.6 Å². The van der Waals surface area contributed by atoms with Crippen molar-refractivity contribution >= 4 is 12.0 Å². The van der Waals surface area contributed by atoms with Gasteiger partial charge in [0.05, 0.1) is 19.2 Å². The van der Waals surface area contributed by atoms with Gasteiger partial charge in [0.15, 0.2) is 11.7 Å². The first kappa shape index (κ1) is 24.9.